The van der Waals surface area contributed by atoms with Crippen LogP contribution in [-0.2, 0) is 6.42 Å². The van der Waals surface area contributed by atoms with Crippen molar-refractivity contribution in [2.45, 2.75) is 32.4 Å². The van der Waals surface area contributed by atoms with Crippen LogP contribution in [0.15, 0.2) is 23.2 Å². The van der Waals surface area contributed by atoms with E-state index in [1.54, 1.807) is 14.2 Å². The molecule has 0 bridgehead atoms. The lowest BCUT2D eigenvalue weighted by Gasteiger charge is -2.12. The van der Waals surface area contributed by atoms with Gasteiger partial charge in [0.25, 0.3) is 0 Å². The maximum absolute atomic E-state index is 12.2. The summed E-state index contributed by atoms with van der Waals surface area (Å²) in [4.78, 5) is 4.30. The maximum Gasteiger partial charge on any atom is 0.390 e. The number of methoxy groups -OCH3 is 2. The zero-order valence-electron chi connectivity index (χ0n) is 14.9. The van der Waals surface area contributed by atoms with Crippen molar-refractivity contribution < 1.29 is 22.6 Å². The summed E-state index contributed by atoms with van der Waals surface area (Å²) in [6, 6.07) is 5.72. The first-order chi connectivity index (χ1) is 11.9. The van der Waals surface area contributed by atoms with Crippen LogP contribution in [0.4, 0.5) is 13.2 Å². The van der Waals surface area contributed by atoms with Gasteiger partial charge in [0.15, 0.2) is 17.5 Å². The number of nitrogens with one attached hydrogen (secondary N) is 2. The van der Waals surface area contributed by atoms with E-state index in [0.29, 0.717) is 30.5 Å². The fourth-order valence-electron chi connectivity index (χ4n) is 2.17. The van der Waals surface area contributed by atoms with E-state index in [0.717, 1.165) is 18.4 Å². The Bertz CT molecular complexity index is 548. The molecule has 0 aliphatic carbocycles. The van der Waals surface area contributed by atoms with Gasteiger partial charge < -0.3 is 20.1 Å². The van der Waals surface area contributed by atoms with Crippen molar-refractivity contribution in [1.82, 2.24) is 10.6 Å². The molecule has 0 aliphatic rings. The third-order valence-corrected chi connectivity index (χ3v) is 3.39. The molecule has 2 N–H and O–H groups in total. The monoisotopic (exact) mass is 361 g/mol. The number of ether oxygens (including phenoxy) is 2. The predicted octanol–water partition coefficient (Wildman–Crippen LogP) is 3.14. The molecule has 25 heavy (non-hydrogen) atoms. The van der Waals surface area contributed by atoms with E-state index < -0.39 is 12.6 Å². The molecule has 0 aromatic heterocycles. The largest absolute Gasteiger partial charge is 0.493 e. The van der Waals surface area contributed by atoms with Crippen molar-refractivity contribution in [3.05, 3.63) is 23.8 Å². The number of halogens is 3. The normalized spacial score (nSPS) is 12.0. The highest BCUT2D eigenvalue weighted by Gasteiger charge is 2.26. The number of aliphatic imine (C=N–C) groups is 1. The smallest absolute Gasteiger partial charge is 0.390 e. The molecule has 0 aliphatic heterocycles. The summed E-state index contributed by atoms with van der Waals surface area (Å²) in [7, 11) is 3.17. The average Bonchev–Trinajstić information content (AvgIpc) is 2.57. The predicted molar refractivity (Wildman–Crippen MR) is 92.5 cm³/mol. The molecule has 0 atom stereocenters. The number of nitrogens with zero attached hydrogens (tertiary/aromatic N) is 1. The van der Waals surface area contributed by atoms with Gasteiger partial charge in [0.05, 0.1) is 20.6 Å². The van der Waals surface area contributed by atoms with Crippen LogP contribution < -0.4 is 20.1 Å². The average molecular weight is 361 g/mol. The van der Waals surface area contributed by atoms with Crippen molar-refractivity contribution in [3.8, 4) is 11.5 Å². The second-order valence-corrected chi connectivity index (χ2v) is 5.35. The Morgan fingerprint density at radius 1 is 1.12 bits per heavy atom. The van der Waals surface area contributed by atoms with E-state index in [-0.39, 0.29) is 6.54 Å². The number of guanidine groups is 1. The number of benzene rings is 1. The summed E-state index contributed by atoms with van der Waals surface area (Å²) in [5.41, 5.74) is 1.09. The Kier molecular flexibility index (Phi) is 8.94. The second kappa shape index (κ2) is 10.7. The first-order valence-corrected chi connectivity index (χ1v) is 8.19. The molecule has 5 nitrogen and oxygen atoms in total. The van der Waals surface area contributed by atoms with E-state index >= 15 is 0 Å². The van der Waals surface area contributed by atoms with E-state index in [4.69, 9.17) is 9.47 Å². The first kappa shape index (κ1) is 20.9. The number of rotatable bonds is 9. The molecular weight excluding hydrogens is 335 g/mol. The van der Waals surface area contributed by atoms with Gasteiger partial charge in [-0.05, 0) is 37.5 Å². The highest BCUT2D eigenvalue weighted by Crippen LogP contribution is 2.27. The molecule has 0 fully saturated rings. The highest BCUT2D eigenvalue weighted by atomic mass is 19.4. The van der Waals surface area contributed by atoms with Crippen molar-refractivity contribution in [1.29, 1.82) is 0 Å². The zero-order valence-corrected chi connectivity index (χ0v) is 14.9. The first-order valence-electron chi connectivity index (χ1n) is 8.19. The lowest BCUT2D eigenvalue weighted by atomic mass is 10.1. The number of alkyl halides is 3. The van der Waals surface area contributed by atoms with Crippen LogP contribution in [0.1, 0.15) is 25.3 Å². The van der Waals surface area contributed by atoms with E-state index in [1.807, 2.05) is 25.1 Å². The molecule has 0 amide bonds. The molecule has 0 spiro atoms. The van der Waals surface area contributed by atoms with E-state index in [1.165, 1.54) is 0 Å². The van der Waals surface area contributed by atoms with Gasteiger partial charge in [-0.3, -0.25) is 4.99 Å². The Labute approximate surface area is 146 Å². The summed E-state index contributed by atoms with van der Waals surface area (Å²) >= 11 is 0. The fraction of sp³-hybridized carbons (Fsp3) is 0.588. The molecule has 142 valence electrons. The minimum atomic E-state index is -4.17. The highest BCUT2D eigenvalue weighted by molar-refractivity contribution is 5.79. The molecule has 1 rings (SSSR count). The third-order valence-electron chi connectivity index (χ3n) is 3.39. The van der Waals surface area contributed by atoms with Gasteiger partial charge in [-0.1, -0.05) is 6.07 Å². The minimum absolute atomic E-state index is 0.189. The maximum atomic E-state index is 12.2. The van der Waals surface area contributed by atoms with E-state index in [9.17, 15) is 13.2 Å². The molecule has 1 aromatic carbocycles. The molecule has 8 heteroatoms. The summed E-state index contributed by atoms with van der Waals surface area (Å²) in [6.45, 7) is 2.78. The lowest BCUT2D eigenvalue weighted by molar-refractivity contribution is -0.132. The van der Waals surface area contributed by atoms with Crippen molar-refractivity contribution in [2.75, 3.05) is 33.9 Å². The Morgan fingerprint density at radius 3 is 2.44 bits per heavy atom. The molecule has 0 radical (unpaired) electrons. The topological polar surface area (TPSA) is 54.9 Å². The minimum Gasteiger partial charge on any atom is -0.493 e. The summed E-state index contributed by atoms with van der Waals surface area (Å²) in [5.74, 6) is 1.75. The zero-order chi connectivity index (χ0) is 18.7. The number of hydrogen-bond acceptors (Lipinski definition) is 3. The second-order valence-electron chi connectivity index (χ2n) is 5.35. The molecule has 0 saturated heterocycles. The Balaban J connectivity index is 2.47. The number of hydrogen-bond donors (Lipinski definition) is 2. The Hall–Kier alpha value is -2.12. The van der Waals surface area contributed by atoms with Crippen molar-refractivity contribution >= 4 is 5.96 Å². The third kappa shape index (κ3) is 8.51. The van der Waals surface area contributed by atoms with E-state index in [2.05, 4.69) is 15.6 Å². The lowest BCUT2D eigenvalue weighted by Crippen LogP contribution is -2.39. The summed E-state index contributed by atoms with van der Waals surface area (Å²) in [6.07, 6.45) is -3.50. The Morgan fingerprint density at radius 2 is 1.84 bits per heavy atom. The van der Waals surface area contributed by atoms with Gasteiger partial charge in [-0.25, -0.2) is 0 Å². The molecular formula is C17H26F3N3O2. The van der Waals surface area contributed by atoms with Crippen LogP contribution in [0.25, 0.3) is 0 Å². The summed E-state index contributed by atoms with van der Waals surface area (Å²) in [5, 5.41) is 5.63. The molecule has 0 unspecified atom stereocenters. The van der Waals surface area contributed by atoms with Crippen LogP contribution in [0.5, 0.6) is 11.5 Å². The van der Waals surface area contributed by atoms with Gasteiger partial charge in [0.2, 0.25) is 0 Å². The van der Waals surface area contributed by atoms with Gasteiger partial charge in [-0.15, -0.1) is 0 Å². The van der Waals surface area contributed by atoms with Crippen LogP contribution in [-0.4, -0.2) is 46.0 Å². The molecule has 0 saturated carbocycles. The van der Waals surface area contributed by atoms with Crippen molar-refractivity contribution in [3.63, 3.8) is 0 Å². The van der Waals surface area contributed by atoms with Crippen LogP contribution in [0.3, 0.4) is 0 Å². The quantitative estimate of drug-likeness (QED) is 0.403. The van der Waals surface area contributed by atoms with Crippen molar-refractivity contribution in [2.24, 2.45) is 4.99 Å². The fourth-order valence-corrected chi connectivity index (χ4v) is 2.17. The molecule has 0 heterocycles. The van der Waals surface area contributed by atoms with Gasteiger partial charge in [-0.2, -0.15) is 13.2 Å². The molecule has 1 aromatic rings. The van der Waals surface area contributed by atoms with Gasteiger partial charge >= 0.3 is 6.18 Å². The number of aryl methyl sites for hydroxylation is 1. The summed E-state index contributed by atoms with van der Waals surface area (Å²) < 4.78 is 47.0. The van der Waals surface area contributed by atoms with Crippen LogP contribution in [0, 0.1) is 0 Å². The van der Waals surface area contributed by atoms with Crippen LogP contribution >= 0.6 is 0 Å². The van der Waals surface area contributed by atoms with Crippen LogP contribution in [0.2, 0.25) is 0 Å². The van der Waals surface area contributed by atoms with Gasteiger partial charge in [0.1, 0.15) is 0 Å². The standard InChI is InChI=1S/C17H26F3N3O2/c1-4-21-16(23-11-9-17(18,19)20)22-10-5-6-13-7-8-14(24-2)15(12-13)25-3/h7-8,12H,4-6,9-11H2,1-3H3,(H2,21,22,23). The SMILES string of the molecule is CCNC(=NCCCc1ccc(OC)c(OC)c1)NCCC(F)(F)F. The van der Waals surface area contributed by atoms with Gasteiger partial charge in [0, 0.05) is 19.6 Å².